The van der Waals surface area contributed by atoms with Gasteiger partial charge in [0.2, 0.25) is 0 Å². The lowest BCUT2D eigenvalue weighted by Gasteiger charge is -2.23. The van der Waals surface area contributed by atoms with Crippen molar-refractivity contribution < 1.29 is 18.0 Å². The quantitative estimate of drug-likeness (QED) is 0.827. The number of rotatable bonds is 3. The molecular formula is C13H18F3NO. The van der Waals surface area contributed by atoms with Gasteiger partial charge in [-0.25, -0.2) is 0 Å². The molecule has 1 aromatic carbocycles. The van der Waals surface area contributed by atoms with Gasteiger partial charge < -0.3 is 0 Å². The van der Waals surface area contributed by atoms with E-state index in [0.29, 0.717) is 5.56 Å². The predicted molar refractivity (Wildman–Crippen MR) is 63.8 cm³/mol. The second-order valence-corrected chi connectivity index (χ2v) is 5.18. The summed E-state index contributed by atoms with van der Waals surface area (Å²) in [6.07, 6.45) is -4.32. The summed E-state index contributed by atoms with van der Waals surface area (Å²) in [5, 5.41) is 0. The molecule has 1 N–H and O–H groups in total. The summed E-state index contributed by atoms with van der Waals surface area (Å²) in [6, 6.07) is 4.91. The van der Waals surface area contributed by atoms with Crippen LogP contribution in [-0.2, 0) is 11.0 Å². The van der Waals surface area contributed by atoms with Crippen LogP contribution >= 0.6 is 0 Å². The lowest BCUT2D eigenvalue weighted by Crippen LogP contribution is -2.31. The van der Waals surface area contributed by atoms with Crippen LogP contribution in [0.15, 0.2) is 24.3 Å². The Morgan fingerprint density at radius 3 is 2.28 bits per heavy atom. The minimum Gasteiger partial charge on any atom is -0.296 e. The number of benzene rings is 1. The van der Waals surface area contributed by atoms with Crippen LogP contribution in [0, 0.1) is 0 Å². The van der Waals surface area contributed by atoms with E-state index >= 15 is 0 Å². The van der Waals surface area contributed by atoms with Crippen molar-refractivity contribution in [1.82, 2.24) is 5.48 Å². The van der Waals surface area contributed by atoms with Crippen molar-refractivity contribution in [3.63, 3.8) is 0 Å². The van der Waals surface area contributed by atoms with Crippen molar-refractivity contribution >= 4 is 0 Å². The number of hydrogen-bond acceptors (Lipinski definition) is 2. The van der Waals surface area contributed by atoms with Crippen molar-refractivity contribution in [2.75, 3.05) is 0 Å². The molecule has 0 aromatic heterocycles. The molecule has 0 saturated heterocycles. The zero-order valence-electron chi connectivity index (χ0n) is 10.9. The molecule has 0 spiro atoms. The third kappa shape index (κ3) is 4.66. The van der Waals surface area contributed by atoms with Gasteiger partial charge in [0, 0.05) is 0 Å². The van der Waals surface area contributed by atoms with E-state index in [0.717, 1.165) is 12.1 Å². The van der Waals surface area contributed by atoms with Gasteiger partial charge in [-0.3, -0.25) is 4.84 Å². The summed E-state index contributed by atoms with van der Waals surface area (Å²) in [6.45, 7) is 7.33. The van der Waals surface area contributed by atoms with Gasteiger partial charge in [0.25, 0.3) is 0 Å². The molecule has 0 aliphatic heterocycles. The number of halogens is 3. The Morgan fingerprint density at radius 2 is 1.78 bits per heavy atom. The van der Waals surface area contributed by atoms with E-state index in [1.165, 1.54) is 6.07 Å². The van der Waals surface area contributed by atoms with Crippen LogP contribution < -0.4 is 5.48 Å². The molecule has 1 unspecified atom stereocenters. The first-order chi connectivity index (χ1) is 8.09. The maximum Gasteiger partial charge on any atom is 0.416 e. The zero-order valence-corrected chi connectivity index (χ0v) is 10.9. The minimum atomic E-state index is -4.32. The molecule has 0 aliphatic carbocycles. The van der Waals surface area contributed by atoms with Crippen LogP contribution in [0.2, 0.25) is 0 Å². The number of hydrogen-bond donors (Lipinski definition) is 1. The largest absolute Gasteiger partial charge is 0.416 e. The van der Waals surface area contributed by atoms with Crippen LogP contribution in [0.5, 0.6) is 0 Å². The molecule has 0 fully saturated rings. The topological polar surface area (TPSA) is 21.3 Å². The summed E-state index contributed by atoms with van der Waals surface area (Å²) in [7, 11) is 0. The fourth-order valence-corrected chi connectivity index (χ4v) is 1.32. The summed E-state index contributed by atoms with van der Waals surface area (Å²) in [5.41, 5.74) is 2.24. The second-order valence-electron chi connectivity index (χ2n) is 5.18. The first-order valence-corrected chi connectivity index (χ1v) is 5.70. The molecule has 18 heavy (non-hydrogen) atoms. The number of nitrogens with one attached hydrogen (secondary N) is 1. The van der Waals surface area contributed by atoms with Crippen LogP contribution in [0.1, 0.15) is 44.9 Å². The first kappa shape index (κ1) is 15.0. The molecule has 0 radical (unpaired) electrons. The molecule has 5 heteroatoms. The van der Waals surface area contributed by atoms with Crippen LogP contribution in [-0.4, -0.2) is 5.60 Å². The highest BCUT2D eigenvalue weighted by Crippen LogP contribution is 2.30. The summed E-state index contributed by atoms with van der Waals surface area (Å²) in [4.78, 5) is 5.34. The highest BCUT2D eigenvalue weighted by Gasteiger charge is 2.30. The van der Waals surface area contributed by atoms with Gasteiger partial charge in [-0.15, -0.1) is 0 Å². The highest BCUT2D eigenvalue weighted by molar-refractivity contribution is 5.27. The van der Waals surface area contributed by atoms with Gasteiger partial charge in [-0.2, -0.15) is 18.7 Å². The Balaban J connectivity index is 2.78. The standard InChI is InChI=1S/C13H18F3NO/c1-9(17-18-12(2,3)4)10-6-5-7-11(8-10)13(14,15)16/h5-9,17H,1-4H3. The molecule has 2 nitrogen and oxygen atoms in total. The highest BCUT2D eigenvalue weighted by atomic mass is 19.4. The molecule has 102 valence electrons. The normalized spacial score (nSPS) is 14.6. The third-order valence-corrected chi connectivity index (χ3v) is 2.26. The molecule has 1 atom stereocenters. The number of alkyl halides is 3. The van der Waals surface area contributed by atoms with Crippen molar-refractivity contribution in [3.8, 4) is 0 Å². The maximum absolute atomic E-state index is 12.6. The molecule has 0 amide bonds. The number of hydroxylamine groups is 1. The lowest BCUT2D eigenvalue weighted by atomic mass is 10.1. The SMILES string of the molecule is CC(NOC(C)(C)C)c1cccc(C(F)(F)F)c1. The third-order valence-electron chi connectivity index (χ3n) is 2.26. The van der Waals surface area contributed by atoms with Crippen LogP contribution in [0.25, 0.3) is 0 Å². The monoisotopic (exact) mass is 261 g/mol. The Hall–Kier alpha value is -1.07. The summed E-state index contributed by atoms with van der Waals surface area (Å²) in [5.74, 6) is 0. The smallest absolute Gasteiger partial charge is 0.296 e. The zero-order chi connectivity index (χ0) is 14.0. The lowest BCUT2D eigenvalue weighted by molar-refractivity contribution is -0.137. The van der Waals surface area contributed by atoms with Gasteiger partial charge in [-0.1, -0.05) is 12.1 Å². The van der Waals surface area contributed by atoms with Crippen LogP contribution in [0.3, 0.4) is 0 Å². The Bertz CT molecular complexity index is 396. The van der Waals surface area contributed by atoms with E-state index in [2.05, 4.69) is 5.48 Å². The van der Waals surface area contributed by atoms with Gasteiger partial charge in [-0.05, 0) is 45.4 Å². The Kier molecular flexibility index (Phi) is 4.40. The van der Waals surface area contributed by atoms with E-state index in [4.69, 9.17) is 4.84 Å². The summed E-state index contributed by atoms with van der Waals surface area (Å²) >= 11 is 0. The fourth-order valence-electron chi connectivity index (χ4n) is 1.32. The molecular weight excluding hydrogens is 243 g/mol. The summed E-state index contributed by atoms with van der Waals surface area (Å²) < 4.78 is 37.7. The minimum absolute atomic E-state index is 0.313. The van der Waals surface area contributed by atoms with E-state index < -0.39 is 17.3 Å². The van der Waals surface area contributed by atoms with Gasteiger partial charge >= 0.3 is 6.18 Å². The predicted octanol–water partition coefficient (Wildman–Crippen LogP) is 4.09. The molecule has 1 aromatic rings. The molecule has 0 aliphatic rings. The van der Waals surface area contributed by atoms with E-state index in [-0.39, 0.29) is 6.04 Å². The Labute approximate surface area is 105 Å². The Morgan fingerprint density at radius 1 is 1.17 bits per heavy atom. The average molecular weight is 261 g/mol. The van der Waals surface area contributed by atoms with E-state index in [1.54, 1.807) is 13.0 Å². The molecule has 0 bridgehead atoms. The molecule has 0 heterocycles. The van der Waals surface area contributed by atoms with Crippen molar-refractivity contribution in [1.29, 1.82) is 0 Å². The van der Waals surface area contributed by atoms with E-state index in [9.17, 15) is 13.2 Å². The van der Waals surface area contributed by atoms with Crippen LogP contribution in [0.4, 0.5) is 13.2 Å². The second kappa shape index (κ2) is 5.28. The maximum atomic E-state index is 12.6. The average Bonchev–Trinajstić information content (AvgIpc) is 2.24. The van der Waals surface area contributed by atoms with Crippen molar-refractivity contribution in [3.05, 3.63) is 35.4 Å². The van der Waals surface area contributed by atoms with Gasteiger partial charge in [0.05, 0.1) is 17.2 Å². The first-order valence-electron chi connectivity index (χ1n) is 5.70. The molecule has 1 rings (SSSR count). The van der Waals surface area contributed by atoms with Crippen molar-refractivity contribution in [2.45, 2.75) is 45.5 Å². The van der Waals surface area contributed by atoms with Crippen molar-refractivity contribution in [2.24, 2.45) is 0 Å². The van der Waals surface area contributed by atoms with Gasteiger partial charge in [0.15, 0.2) is 0 Å². The fraction of sp³-hybridized carbons (Fsp3) is 0.538. The molecule has 0 saturated carbocycles. The van der Waals surface area contributed by atoms with E-state index in [1.807, 2.05) is 20.8 Å². The van der Waals surface area contributed by atoms with Gasteiger partial charge in [0.1, 0.15) is 0 Å².